The Labute approximate surface area is 118 Å². The second-order valence-electron chi connectivity index (χ2n) is 4.01. The van der Waals surface area contributed by atoms with Crippen LogP contribution < -0.4 is 4.74 Å². The van der Waals surface area contributed by atoms with E-state index in [1.807, 2.05) is 17.5 Å². The summed E-state index contributed by atoms with van der Waals surface area (Å²) in [5.74, 6) is 0.548. The fourth-order valence-corrected chi connectivity index (χ4v) is 3.09. The van der Waals surface area contributed by atoms with Crippen molar-refractivity contribution in [3.05, 3.63) is 51.3 Å². The SMILES string of the molecule is COc1ccsc1C(=O)c1c[nH]c2c(Cl)cccc12. The molecule has 0 aliphatic rings. The Hall–Kier alpha value is -1.78. The van der Waals surface area contributed by atoms with Gasteiger partial charge in [0.15, 0.2) is 0 Å². The van der Waals surface area contributed by atoms with Gasteiger partial charge in [0.25, 0.3) is 0 Å². The number of halogens is 1. The molecule has 0 aliphatic heterocycles. The highest BCUT2D eigenvalue weighted by Crippen LogP contribution is 2.31. The second-order valence-corrected chi connectivity index (χ2v) is 5.34. The maximum absolute atomic E-state index is 12.5. The summed E-state index contributed by atoms with van der Waals surface area (Å²) >= 11 is 7.47. The largest absolute Gasteiger partial charge is 0.495 e. The summed E-state index contributed by atoms with van der Waals surface area (Å²) in [6.45, 7) is 0. The van der Waals surface area contributed by atoms with Crippen molar-refractivity contribution in [2.75, 3.05) is 7.11 Å². The van der Waals surface area contributed by atoms with Gasteiger partial charge in [-0.15, -0.1) is 11.3 Å². The average Bonchev–Trinajstić information content (AvgIpc) is 3.05. The molecule has 2 heterocycles. The molecule has 1 aromatic carbocycles. The van der Waals surface area contributed by atoms with Crippen molar-refractivity contribution in [3.8, 4) is 5.75 Å². The van der Waals surface area contributed by atoms with Gasteiger partial charge >= 0.3 is 0 Å². The monoisotopic (exact) mass is 291 g/mol. The lowest BCUT2D eigenvalue weighted by atomic mass is 10.1. The highest BCUT2D eigenvalue weighted by molar-refractivity contribution is 7.12. The van der Waals surface area contributed by atoms with Crippen molar-refractivity contribution in [2.45, 2.75) is 0 Å². The number of rotatable bonds is 3. The van der Waals surface area contributed by atoms with E-state index < -0.39 is 0 Å². The maximum atomic E-state index is 12.5. The lowest BCUT2D eigenvalue weighted by Gasteiger charge is -2.01. The summed E-state index contributed by atoms with van der Waals surface area (Å²) in [6, 6.07) is 7.30. The van der Waals surface area contributed by atoms with E-state index in [-0.39, 0.29) is 5.78 Å². The van der Waals surface area contributed by atoms with E-state index in [0.29, 0.717) is 21.2 Å². The fraction of sp³-hybridized carbons (Fsp3) is 0.0714. The zero-order valence-corrected chi connectivity index (χ0v) is 11.6. The van der Waals surface area contributed by atoms with Crippen molar-refractivity contribution in [1.29, 1.82) is 0 Å². The Morgan fingerprint density at radius 3 is 3.00 bits per heavy atom. The Morgan fingerprint density at radius 1 is 1.37 bits per heavy atom. The molecule has 96 valence electrons. The summed E-state index contributed by atoms with van der Waals surface area (Å²) in [5, 5.41) is 3.27. The second kappa shape index (κ2) is 4.72. The summed E-state index contributed by atoms with van der Waals surface area (Å²) in [7, 11) is 1.56. The van der Waals surface area contributed by atoms with Gasteiger partial charge in [-0.25, -0.2) is 0 Å². The van der Waals surface area contributed by atoms with Crippen LogP contribution in [0, 0.1) is 0 Å². The molecule has 5 heteroatoms. The predicted octanol–water partition coefficient (Wildman–Crippen LogP) is 4.12. The molecule has 2 aromatic heterocycles. The van der Waals surface area contributed by atoms with Crippen LogP contribution in [-0.4, -0.2) is 17.9 Å². The van der Waals surface area contributed by atoms with E-state index in [9.17, 15) is 4.79 Å². The number of hydrogen-bond donors (Lipinski definition) is 1. The number of aromatic nitrogens is 1. The number of thiophene rings is 1. The first kappa shape index (κ1) is 12.3. The van der Waals surface area contributed by atoms with Gasteiger partial charge in [-0.05, 0) is 17.5 Å². The van der Waals surface area contributed by atoms with E-state index in [1.165, 1.54) is 11.3 Å². The third kappa shape index (κ3) is 1.93. The van der Waals surface area contributed by atoms with Gasteiger partial charge in [-0.1, -0.05) is 23.7 Å². The molecule has 0 radical (unpaired) electrons. The Kier molecular flexibility index (Phi) is 3.05. The quantitative estimate of drug-likeness (QED) is 0.738. The molecule has 0 spiro atoms. The summed E-state index contributed by atoms with van der Waals surface area (Å²) in [5.41, 5.74) is 1.39. The zero-order valence-electron chi connectivity index (χ0n) is 10.1. The fourth-order valence-electron chi connectivity index (χ4n) is 2.05. The van der Waals surface area contributed by atoms with Gasteiger partial charge in [0.2, 0.25) is 5.78 Å². The van der Waals surface area contributed by atoms with E-state index in [1.54, 1.807) is 25.4 Å². The minimum absolute atomic E-state index is 0.0552. The van der Waals surface area contributed by atoms with Crippen molar-refractivity contribution in [2.24, 2.45) is 0 Å². The Balaban J connectivity index is 2.15. The van der Waals surface area contributed by atoms with Gasteiger partial charge in [-0.2, -0.15) is 0 Å². The number of para-hydroxylation sites is 1. The van der Waals surface area contributed by atoms with E-state index in [0.717, 1.165) is 10.9 Å². The number of methoxy groups -OCH3 is 1. The van der Waals surface area contributed by atoms with Gasteiger partial charge < -0.3 is 9.72 Å². The van der Waals surface area contributed by atoms with Crippen molar-refractivity contribution < 1.29 is 9.53 Å². The standard InChI is InChI=1S/C14H10ClNO2S/c1-18-11-5-6-19-14(11)13(17)9-7-16-12-8(9)3-2-4-10(12)15/h2-7,16H,1H3. The van der Waals surface area contributed by atoms with Gasteiger partial charge in [-0.3, -0.25) is 4.79 Å². The van der Waals surface area contributed by atoms with Gasteiger partial charge in [0.05, 0.1) is 17.6 Å². The molecule has 0 saturated carbocycles. The maximum Gasteiger partial charge on any atom is 0.208 e. The number of aromatic amines is 1. The third-order valence-corrected chi connectivity index (χ3v) is 4.17. The van der Waals surface area contributed by atoms with Gasteiger partial charge in [0.1, 0.15) is 10.6 Å². The summed E-state index contributed by atoms with van der Waals surface area (Å²) < 4.78 is 5.19. The number of ketones is 1. The van der Waals surface area contributed by atoms with E-state index in [4.69, 9.17) is 16.3 Å². The van der Waals surface area contributed by atoms with Crippen LogP contribution in [0.15, 0.2) is 35.8 Å². The molecule has 0 aliphatic carbocycles. The Morgan fingerprint density at radius 2 is 2.21 bits per heavy atom. The smallest absolute Gasteiger partial charge is 0.208 e. The first-order valence-electron chi connectivity index (χ1n) is 5.64. The van der Waals surface area contributed by atoms with Crippen LogP contribution in [0.2, 0.25) is 5.02 Å². The minimum Gasteiger partial charge on any atom is -0.495 e. The lowest BCUT2D eigenvalue weighted by Crippen LogP contribution is -1.99. The first-order valence-corrected chi connectivity index (χ1v) is 6.90. The average molecular weight is 292 g/mol. The predicted molar refractivity (Wildman–Crippen MR) is 77.6 cm³/mol. The van der Waals surface area contributed by atoms with Crippen LogP contribution in [-0.2, 0) is 0 Å². The Bertz CT molecular complexity index is 760. The molecule has 3 rings (SSSR count). The minimum atomic E-state index is -0.0552. The number of fused-ring (bicyclic) bond motifs is 1. The molecule has 0 atom stereocenters. The van der Waals surface area contributed by atoms with Crippen LogP contribution >= 0.6 is 22.9 Å². The number of benzene rings is 1. The van der Waals surface area contributed by atoms with Crippen molar-refractivity contribution in [1.82, 2.24) is 4.98 Å². The summed E-state index contributed by atoms with van der Waals surface area (Å²) in [4.78, 5) is 16.2. The number of carbonyl (C=O) groups is 1. The van der Waals surface area contributed by atoms with Crippen LogP contribution in [0.25, 0.3) is 10.9 Å². The van der Waals surface area contributed by atoms with Crippen LogP contribution in [0.4, 0.5) is 0 Å². The first-order chi connectivity index (χ1) is 9.22. The lowest BCUT2D eigenvalue weighted by molar-refractivity contribution is 0.104. The highest BCUT2D eigenvalue weighted by Gasteiger charge is 2.19. The molecule has 0 fully saturated rings. The molecular formula is C14H10ClNO2S. The highest BCUT2D eigenvalue weighted by atomic mass is 35.5. The molecule has 3 nitrogen and oxygen atoms in total. The number of hydrogen-bond acceptors (Lipinski definition) is 3. The van der Waals surface area contributed by atoms with Crippen LogP contribution in [0.5, 0.6) is 5.75 Å². The molecule has 19 heavy (non-hydrogen) atoms. The molecule has 3 aromatic rings. The number of nitrogens with one attached hydrogen (secondary N) is 1. The third-order valence-electron chi connectivity index (χ3n) is 2.96. The van der Waals surface area contributed by atoms with Crippen LogP contribution in [0.3, 0.4) is 0 Å². The molecule has 0 unspecified atom stereocenters. The van der Waals surface area contributed by atoms with E-state index in [2.05, 4.69) is 4.98 Å². The molecule has 1 N–H and O–H groups in total. The van der Waals surface area contributed by atoms with Crippen molar-refractivity contribution >= 4 is 39.6 Å². The molecule has 0 saturated heterocycles. The molecule has 0 amide bonds. The van der Waals surface area contributed by atoms with E-state index >= 15 is 0 Å². The molecular weight excluding hydrogens is 282 g/mol. The number of carbonyl (C=O) groups excluding carboxylic acids is 1. The van der Waals surface area contributed by atoms with Crippen LogP contribution in [0.1, 0.15) is 15.2 Å². The number of H-pyrrole nitrogens is 1. The zero-order chi connectivity index (χ0) is 13.4. The van der Waals surface area contributed by atoms with Crippen molar-refractivity contribution in [3.63, 3.8) is 0 Å². The van der Waals surface area contributed by atoms with Gasteiger partial charge in [0, 0.05) is 17.1 Å². The molecule has 0 bridgehead atoms. The summed E-state index contributed by atoms with van der Waals surface area (Å²) in [6.07, 6.45) is 1.69. The topological polar surface area (TPSA) is 42.1 Å². The number of ether oxygens (including phenoxy) is 1. The normalized spacial score (nSPS) is 10.8.